The van der Waals surface area contributed by atoms with E-state index in [1.807, 2.05) is 35.9 Å². The number of rotatable bonds is 4. The summed E-state index contributed by atoms with van der Waals surface area (Å²) in [6, 6.07) is 11.1. The first-order valence-corrected chi connectivity index (χ1v) is 11.7. The fourth-order valence-electron chi connectivity index (χ4n) is 4.64. The lowest BCUT2D eigenvalue weighted by atomic mass is 9.95. The SMILES string of the molecule is COc1cc(C=C2CCCN3C2=NOCC[C@H]3c2ccc(Cl)c(F)c2)ccc1-n1cnc(C)c1. The van der Waals surface area contributed by atoms with E-state index in [9.17, 15) is 4.39 Å². The van der Waals surface area contributed by atoms with Gasteiger partial charge in [-0.1, -0.05) is 28.9 Å². The maximum absolute atomic E-state index is 14.2. The van der Waals surface area contributed by atoms with Gasteiger partial charge in [0.15, 0.2) is 5.84 Å². The Kier molecular flexibility index (Phi) is 6.28. The van der Waals surface area contributed by atoms with Crippen LogP contribution in [0.4, 0.5) is 4.39 Å². The molecule has 0 amide bonds. The van der Waals surface area contributed by atoms with Crippen molar-refractivity contribution in [1.82, 2.24) is 14.5 Å². The quantitative estimate of drug-likeness (QED) is 0.464. The zero-order chi connectivity index (χ0) is 23.7. The first-order chi connectivity index (χ1) is 16.5. The lowest BCUT2D eigenvalue weighted by Gasteiger charge is -2.36. The van der Waals surface area contributed by atoms with Crippen molar-refractivity contribution in [2.24, 2.45) is 5.16 Å². The fourth-order valence-corrected chi connectivity index (χ4v) is 4.76. The Hall–Kier alpha value is -3.32. The van der Waals surface area contributed by atoms with E-state index in [1.54, 1.807) is 19.5 Å². The number of hydrogen-bond acceptors (Lipinski definition) is 5. The number of imidazole rings is 1. The number of methoxy groups -OCH3 is 1. The van der Waals surface area contributed by atoms with Crippen LogP contribution >= 0.6 is 11.6 Å². The summed E-state index contributed by atoms with van der Waals surface area (Å²) in [5.74, 6) is 1.15. The maximum Gasteiger partial charge on any atom is 0.171 e. The predicted molar refractivity (Wildman–Crippen MR) is 131 cm³/mol. The molecule has 6 nitrogen and oxygen atoms in total. The number of aryl methyl sites for hydroxylation is 1. The molecule has 5 rings (SSSR count). The molecule has 1 fully saturated rings. The maximum atomic E-state index is 14.2. The Balaban J connectivity index is 1.47. The Labute approximate surface area is 203 Å². The Morgan fingerprint density at radius 2 is 2.12 bits per heavy atom. The minimum Gasteiger partial charge on any atom is -0.495 e. The van der Waals surface area contributed by atoms with Gasteiger partial charge in [-0.2, -0.15) is 0 Å². The van der Waals surface area contributed by atoms with Crippen LogP contribution in [0.2, 0.25) is 5.02 Å². The van der Waals surface area contributed by atoms with Gasteiger partial charge in [-0.05, 0) is 66.8 Å². The summed E-state index contributed by atoms with van der Waals surface area (Å²) in [6.07, 6.45) is 8.44. The number of piperidine rings is 1. The molecular formula is C26H26ClFN4O2. The molecule has 1 atom stereocenters. The number of oxime groups is 1. The lowest BCUT2D eigenvalue weighted by molar-refractivity contribution is 0.140. The number of benzene rings is 2. The van der Waals surface area contributed by atoms with Crippen molar-refractivity contribution in [2.75, 3.05) is 20.3 Å². The van der Waals surface area contributed by atoms with Gasteiger partial charge in [-0.15, -0.1) is 0 Å². The van der Waals surface area contributed by atoms with Crippen LogP contribution in [0.25, 0.3) is 11.8 Å². The largest absolute Gasteiger partial charge is 0.495 e. The van der Waals surface area contributed by atoms with Crippen molar-refractivity contribution in [3.8, 4) is 11.4 Å². The summed E-state index contributed by atoms with van der Waals surface area (Å²) < 4.78 is 21.8. The summed E-state index contributed by atoms with van der Waals surface area (Å²) in [5, 5.41) is 4.59. The average Bonchev–Trinajstić information content (AvgIpc) is 3.15. The number of amidine groups is 1. The third-order valence-electron chi connectivity index (χ3n) is 6.28. The van der Waals surface area contributed by atoms with Crippen molar-refractivity contribution in [2.45, 2.75) is 32.2 Å². The third-order valence-corrected chi connectivity index (χ3v) is 6.58. The van der Waals surface area contributed by atoms with Gasteiger partial charge in [-0.3, -0.25) is 0 Å². The van der Waals surface area contributed by atoms with E-state index in [1.165, 1.54) is 6.07 Å². The summed E-state index contributed by atoms with van der Waals surface area (Å²) >= 11 is 5.92. The van der Waals surface area contributed by atoms with Gasteiger partial charge in [0.1, 0.15) is 18.2 Å². The molecule has 34 heavy (non-hydrogen) atoms. The molecule has 0 radical (unpaired) electrons. The molecule has 2 aliphatic heterocycles. The fraction of sp³-hybridized carbons (Fsp3) is 0.308. The molecule has 2 aliphatic rings. The first kappa shape index (κ1) is 22.5. The monoisotopic (exact) mass is 480 g/mol. The summed E-state index contributed by atoms with van der Waals surface area (Å²) in [4.78, 5) is 12.1. The highest BCUT2D eigenvalue weighted by Gasteiger charge is 2.31. The van der Waals surface area contributed by atoms with Gasteiger partial charge in [0.25, 0.3) is 0 Å². The summed E-state index contributed by atoms with van der Waals surface area (Å²) in [5.41, 5.74) is 4.84. The van der Waals surface area contributed by atoms with Crippen molar-refractivity contribution < 1.29 is 14.0 Å². The Morgan fingerprint density at radius 3 is 2.88 bits per heavy atom. The van der Waals surface area contributed by atoms with Crippen LogP contribution in [-0.4, -0.2) is 40.5 Å². The second-order valence-electron chi connectivity index (χ2n) is 8.55. The molecule has 176 valence electrons. The second kappa shape index (κ2) is 9.50. The molecule has 0 saturated carbocycles. The van der Waals surface area contributed by atoms with Gasteiger partial charge in [-0.25, -0.2) is 9.37 Å². The van der Waals surface area contributed by atoms with Gasteiger partial charge >= 0.3 is 0 Å². The van der Waals surface area contributed by atoms with Crippen LogP contribution < -0.4 is 4.74 Å². The highest BCUT2D eigenvalue weighted by Crippen LogP contribution is 2.35. The van der Waals surface area contributed by atoms with Gasteiger partial charge in [0, 0.05) is 19.2 Å². The van der Waals surface area contributed by atoms with Crippen LogP contribution in [0.3, 0.4) is 0 Å². The van der Waals surface area contributed by atoms with E-state index in [0.717, 1.165) is 59.1 Å². The molecule has 1 aromatic heterocycles. The highest BCUT2D eigenvalue weighted by molar-refractivity contribution is 6.30. The summed E-state index contributed by atoms with van der Waals surface area (Å²) in [7, 11) is 1.67. The molecule has 2 aromatic carbocycles. The Morgan fingerprint density at radius 1 is 1.24 bits per heavy atom. The van der Waals surface area contributed by atoms with Crippen molar-refractivity contribution in [3.05, 3.63) is 82.2 Å². The van der Waals surface area contributed by atoms with Gasteiger partial charge in [0.05, 0.1) is 35.9 Å². The lowest BCUT2D eigenvalue weighted by Crippen LogP contribution is -2.39. The Bertz CT molecular complexity index is 1270. The number of ether oxygens (including phenoxy) is 1. The highest BCUT2D eigenvalue weighted by atomic mass is 35.5. The van der Waals surface area contributed by atoms with Crippen LogP contribution in [0.5, 0.6) is 5.75 Å². The van der Waals surface area contributed by atoms with Crippen LogP contribution in [-0.2, 0) is 4.84 Å². The average molecular weight is 481 g/mol. The van der Waals surface area contributed by atoms with Gasteiger partial charge in [0.2, 0.25) is 0 Å². The van der Waals surface area contributed by atoms with E-state index in [0.29, 0.717) is 13.0 Å². The predicted octanol–water partition coefficient (Wildman–Crippen LogP) is 5.94. The molecule has 0 spiro atoms. The van der Waals surface area contributed by atoms with Crippen molar-refractivity contribution in [1.29, 1.82) is 0 Å². The zero-order valence-corrected chi connectivity index (χ0v) is 19.9. The van der Waals surface area contributed by atoms with Crippen molar-refractivity contribution >= 4 is 23.5 Å². The van der Waals surface area contributed by atoms with E-state index in [2.05, 4.69) is 27.2 Å². The molecule has 1 saturated heterocycles. The molecule has 8 heteroatoms. The number of halogens is 2. The van der Waals surface area contributed by atoms with E-state index >= 15 is 0 Å². The molecular weight excluding hydrogens is 455 g/mol. The molecule has 0 N–H and O–H groups in total. The molecule has 3 heterocycles. The van der Waals surface area contributed by atoms with E-state index in [4.69, 9.17) is 21.2 Å². The van der Waals surface area contributed by atoms with E-state index < -0.39 is 5.82 Å². The first-order valence-electron chi connectivity index (χ1n) is 11.3. The minimum atomic E-state index is -0.407. The molecule has 0 aliphatic carbocycles. The second-order valence-corrected chi connectivity index (χ2v) is 8.95. The number of nitrogens with zero attached hydrogens (tertiary/aromatic N) is 4. The van der Waals surface area contributed by atoms with Crippen LogP contribution in [0, 0.1) is 12.7 Å². The summed E-state index contributed by atoms with van der Waals surface area (Å²) in [6.45, 7) is 3.25. The minimum absolute atomic E-state index is 0.0295. The standard InChI is InChI=1S/C26H26ClFN4O2/c1-17-15-31(16-29-17)24-8-5-18(13-25(24)33-2)12-20-4-3-10-32-23(9-11-34-30-26(20)32)19-6-7-21(27)22(28)14-19/h5-8,12-16,23H,3-4,9-11H2,1-2H3/t23-/m0/s1. The van der Waals surface area contributed by atoms with E-state index in [-0.39, 0.29) is 11.1 Å². The van der Waals surface area contributed by atoms with Crippen molar-refractivity contribution in [3.63, 3.8) is 0 Å². The normalized spacial score (nSPS) is 19.3. The van der Waals surface area contributed by atoms with Crippen LogP contribution in [0.1, 0.15) is 42.1 Å². The topological polar surface area (TPSA) is 51.9 Å². The number of fused-ring (bicyclic) bond motifs is 1. The van der Waals surface area contributed by atoms with Gasteiger partial charge < -0.3 is 19.0 Å². The van der Waals surface area contributed by atoms with Crippen LogP contribution in [0.15, 0.2) is 59.7 Å². The number of aromatic nitrogens is 2. The number of hydrogen-bond donors (Lipinski definition) is 0. The molecule has 0 unspecified atom stereocenters. The molecule has 3 aromatic rings. The zero-order valence-electron chi connectivity index (χ0n) is 19.2. The smallest absolute Gasteiger partial charge is 0.171 e. The molecule has 0 bridgehead atoms. The third kappa shape index (κ3) is 4.40.